The van der Waals surface area contributed by atoms with E-state index >= 15 is 0 Å². The topological polar surface area (TPSA) is 78.5 Å². The first-order chi connectivity index (χ1) is 14.9. The molecule has 2 fully saturated rings. The summed E-state index contributed by atoms with van der Waals surface area (Å²) in [5, 5.41) is 3.58. The molecule has 1 saturated carbocycles. The van der Waals surface area contributed by atoms with Gasteiger partial charge >= 0.3 is 0 Å². The van der Waals surface area contributed by atoms with Crippen LogP contribution >= 0.6 is 11.6 Å². The first-order valence-electron chi connectivity index (χ1n) is 10.8. The summed E-state index contributed by atoms with van der Waals surface area (Å²) >= 11 is 5.97. The summed E-state index contributed by atoms with van der Waals surface area (Å²) in [4.78, 5) is 14.9. The molecule has 166 valence electrons. The molecule has 1 heterocycles. The Hall–Kier alpha value is -2.25. The Labute approximate surface area is 189 Å². The summed E-state index contributed by atoms with van der Waals surface area (Å²) in [6.45, 7) is 2.06. The van der Waals surface area contributed by atoms with Crippen molar-refractivity contribution >= 4 is 38.9 Å². The highest BCUT2D eigenvalue weighted by molar-refractivity contribution is 7.93. The maximum atomic E-state index is 12.6. The van der Waals surface area contributed by atoms with Crippen LogP contribution in [-0.4, -0.2) is 33.2 Å². The second-order valence-electron chi connectivity index (χ2n) is 8.45. The average Bonchev–Trinajstić information content (AvgIpc) is 2.72. The van der Waals surface area contributed by atoms with Gasteiger partial charge in [0.1, 0.15) is 5.75 Å². The van der Waals surface area contributed by atoms with Crippen molar-refractivity contribution in [2.24, 2.45) is 0 Å². The summed E-state index contributed by atoms with van der Waals surface area (Å²) in [6, 6.07) is 14.7. The predicted molar refractivity (Wildman–Crippen MR) is 125 cm³/mol. The van der Waals surface area contributed by atoms with E-state index in [2.05, 4.69) is 14.9 Å². The van der Waals surface area contributed by atoms with Crippen LogP contribution in [0.15, 0.2) is 48.5 Å². The van der Waals surface area contributed by atoms with Crippen molar-refractivity contribution < 1.29 is 13.2 Å². The molecule has 0 aromatic heterocycles. The second kappa shape index (κ2) is 9.09. The lowest BCUT2D eigenvalue weighted by molar-refractivity contribution is -0.121. The van der Waals surface area contributed by atoms with Gasteiger partial charge < -0.3 is 10.2 Å². The van der Waals surface area contributed by atoms with Crippen LogP contribution in [0.4, 0.5) is 11.4 Å². The largest absolute Gasteiger partial charge is 0.372 e. The molecular weight excluding hydrogens is 434 g/mol. The average molecular weight is 462 g/mol. The van der Waals surface area contributed by atoms with Gasteiger partial charge in [-0.3, -0.25) is 9.52 Å². The molecule has 4 rings (SSSR count). The molecule has 8 heteroatoms. The van der Waals surface area contributed by atoms with Crippen LogP contribution in [0.25, 0.3) is 0 Å². The minimum absolute atomic E-state index is 0.463. The Balaban J connectivity index is 1.36. The van der Waals surface area contributed by atoms with Crippen molar-refractivity contribution in [3.05, 3.63) is 59.1 Å². The first-order valence-corrected chi connectivity index (χ1v) is 12.8. The molecule has 31 heavy (non-hydrogen) atoms. The number of nitrogens with one attached hydrogen (secondary N) is 2. The van der Waals surface area contributed by atoms with Crippen LogP contribution in [0.3, 0.4) is 0 Å². The minimum atomic E-state index is -3.81. The van der Waals surface area contributed by atoms with Gasteiger partial charge in [0.05, 0.1) is 5.54 Å². The number of halogens is 1. The minimum Gasteiger partial charge on any atom is -0.372 e. The normalized spacial score (nSPS) is 18.2. The second-order valence-corrected chi connectivity index (χ2v) is 10.6. The third-order valence-corrected chi connectivity index (χ3v) is 7.61. The van der Waals surface area contributed by atoms with Crippen molar-refractivity contribution in [1.82, 2.24) is 5.32 Å². The highest BCUT2D eigenvalue weighted by Crippen LogP contribution is 2.41. The fraction of sp³-hybridized carbons (Fsp3) is 0.435. The Morgan fingerprint density at radius 1 is 0.935 bits per heavy atom. The van der Waals surface area contributed by atoms with E-state index in [9.17, 15) is 13.2 Å². The Kier molecular flexibility index (Phi) is 6.44. The zero-order valence-corrected chi connectivity index (χ0v) is 19.0. The summed E-state index contributed by atoms with van der Waals surface area (Å²) in [6.07, 6.45) is 6.17. The third kappa shape index (κ3) is 5.33. The summed E-state index contributed by atoms with van der Waals surface area (Å²) in [7, 11) is -3.81. The molecule has 1 amide bonds. The predicted octanol–water partition coefficient (Wildman–Crippen LogP) is 4.27. The number of rotatable bonds is 7. The fourth-order valence-electron chi connectivity index (χ4n) is 4.37. The van der Waals surface area contributed by atoms with Crippen LogP contribution in [0.5, 0.6) is 0 Å². The number of benzene rings is 2. The number of anilines is 2. The van der Waals surface area contributed by atoms with Crippen LogP contribution in [-0.2, 0) is 20.4 Å². The van der Waals surface area contributed by atoms with E-state index in [1.54, 1.807) is 24.3 Å². The molecule has 1 saturated heterocycles. The number of carbonyl (C=O) groups excluding carboxylic acids is 1. The molecule has 0 radical (unpaired) electrons. The smallest absolute Gasteiger partial charge is 0.241 e. The van der Waals surface area contributed by atoms with Crippen molar-refractivity contribution in [2.75, 3.05) is 28.5 Å². The number of piperidine rings is 1. The van der Waals surface area contributed by atoms with Crippen molar-refractivity contribution in [2.45, 2.75) is 44.1 Å². The van der Waals surface area contributed by atoms with E-state index in [1.165, 1.54) is 19.3 Å². The monoisotopic (exact) mass is 461 g/mol. The van der Waals surface area contributed by atoms with Gasteiger partial charge in [-0.2, -0.15) is 0 Å². The number of hydrogen-bond acceptors (Lipinski definition) is 4. The lowest BCUT2D eigenvalue weighted by atomic mass is 9.72. The molecule has 2 aliphatic rings. The van der Waals surface area contributed by atoms with Crippen LogP contribution < -0.4 is 14.9 Å². The molecule has 0 bridgehead atoms. The van der Waals surface area contributed by atoms with Crippen molar-refractivity contribution in [3.63, 3.8) is 0 Å². The molecule has 1 aliphatic carbocycles. The summed E-state index contributed by atoms with van der Waals surface area (Å²) in [5.41, 5.74) is 2.00. The van der Waals surface area contributed by atoms with Crippen LogP contribution in [0.1, 0.15) is 44.1 Å². The Morgan fingerprint density at radius 3 is 2.16 bits per heavy atom. The molecular formula is C23H28ClN3O3S. The van der Waals surface area contributed by atoms with Gasteiger partial charge in [-0.25, -0.2) is 8.42 Å². The SMILES string of the molecule is O=C(CS(=O)(=O)Nc1ccc(N2CCCCC2)cc1)NC1(c2ccc(Cl)cc2)CCC1. The van der Waals surface area contributed by atoms with E-state index in [1.807, 2.05) is 24.3 Å². The zero-order chi connectivity index (χ0) is 21.9. The van der Waals surface area contributed by atoms with Gasteiger partial charge in [-0.15, -0.1) is 0 Å². The van der Waals surface area contributed by atoms with Crippen molar-refractivity contribution in [1.29, 1.82) is 0 Å². The first kappa shape index (κ1) is 22.0. The number of hydrogen-bond donors (Lipinski definition) is 2. The van der Waals surface area contributed by atoms with Gasteiger partial charge in [-0.05, 0) is 80.5 Å². The van der Waals surface area contributed by atoms with E-state index in [-0.39, 0.29) is 0 Å². The van der Waals surface area contributed by atoms with Crippen molar-refractivity contribution in [3.8, 4) is 0 Å². The number of nitrogens with zero attached hydrogens (tertiary/aromatic N) is 1. The summed E-state index contributed by atoms with van der Waals surface area (Å²) in [5.74, 6) is -1.12. The van der Waals surface area contributed by atoms with Gasteiger partial charge in [0.15, 0.2) is 0 Å². The number of amides is 1. The van der Waals surface area contributed by atoms with Gasteiger partial charge in [0.2, 0.25) is 15.9 Å². The van der Waals surface area contributed by atoms with E-state index in [0.717, 1.165) is 43.6 Å². The van der Waals surface area contributed by atoms with Gasteiger partial charge in [0.25, 0.3) is 0 Å². The maximum Gasteiger partial charge on any atom is 0.241 e. The molecule has 0 atom stereocenters. The molecule has 2 aromatic rings. The third-order valence-electron chi connectivity index (χ3n) is 6.17. The molecule has 0 spiro atoms. The lowest BCUT2D eigenvalue weighted by Crippen LogP contribution is -2.52. The van der Waals surface area contributed by atoms with Crippen LogP contribution in [0, 0.1) is 0 Å². The van der Waals surface area contributed by atoms with Crippen LogP contribution in [0.2, 0.25) is 5.02 Å². The standard InChI is InChI=1S/C23H28ClN3O3S/c24-19-7-5-18(6-8-19)23(13-4-14-23)25-22(28)17-31(29,30)26-20-9-11-21(12-10-20)27-15-2-1-3-16-27/h5-12,26H,1-4,13-17H2,(H,25,28). The fourth-order valence-corrected chi connectivity index (χ4v) is 5.48. The van der Waals surface area contributed by atoms with E-state index in [4.69, 9.17) is 11.6 Å². The highest BCUT2D eigenvalue weighted by Gasteiger charge is 2.40. The van der Waals surface area contributed by atoms with E-state index < -0.39 is 27.2 Å². The Bertz CT molecular complexity index is 1010. The zero-order valence-electron chi connectivity index (χ0n) is 17.4. The number of carbonyl (C=O) groups is 1. The van der Waals surface area contributed by atoms with Gasteiger partial charge in [0, 0.05) is 29.5 Å². The molecule has 6 nitrogen and oxygen atoms in total. The highest BCUT2D eigenvalue weighted by atomic mass is 35.5. The quantitative estimate of drug-likeness (QED) is 0.645. The number of sulfonamides is 1. The molecule has 2 aromatic carbocycles. The van der Waals surface area contributed by atoms with Gasteiger partial charge in [-0.1, -0.05) is 23.7 Å². The molecule has 2 N–H and O–H groups in total. The molecule has 1 aliphatic heterocycles. The summed E-state index contributed by atoms with van der Waals surface area (Å²) < 4.78 is 27.7. The Morgan fingerprint density at radius 2 is 1.58 bits per heavy atom. The molecule has 0 unspecified atom stereocenters. The lowest BCUT2D eigenvalue weighted by Gasteiger charge is -2.43. The van der Waals surface area contributed by atoms with E-state index in [0.29, 0.717) is 10.7 Å². The maximum absolute atomic E-state index is 12.6.